The number of anilines is 2. The molecule has 0 aliphatic carbocycles. The summed E-state index contributed by atoms with van der Waals surface area (Å²) in [4.78, 5) is 17.1. The molecule has 0 saturated heterocycles. The molecule has 2 N–H and O–H groups in total. The van der Waals surface area contributed by atoms with Gasteiger partial charge in [0.15, 0.2) is 0 Å². The van der Waals surface area contributed by atoms with E-state index in [-0.39, 0.29) is 17.9 Å². The molecule has 2 heterocycles. The van der Waals surface area contributed by atoms with Crippen LogP contribution in [0, 0.1) is 0 Å². The standard InChI is InChI=1S/C27H23N5O2/c1-34-24-15-9-8-14-21(24)16-17-25(33)29-26-30-27-28-22(19-10-4-2-5-11-19)18-23(32(27)31-26)20-12-6-3-7-13-20/h2-18,23H,1H3,(H2,28,29,30,31,33)/b17-16+/t23-/m1/s1. The van der Waals surface area contributed by atoms with Crippen molar-refractivity contribution in [1.82, 2.24) is 14.8 Å². The van der Waals surface area contributed by atoms with E-state index in [2.05, 4.69) is 38.9 Å². The maximum absolute atomic E-state index is 12.6. The number of rotatable bonds is 6. The molecule has 0 spiro atoms. The lowest BCUT2D eigenvalue weighted by molar-refractivity contribution is -0.111. The Kier molecular flexibility index (Phi) is 5.90. The number of fused-ring (bicyclic) bond motifs is 1. The molecule has 0 fully saturated rings. The van der Waals surface area contributed by atoms with Gasteiger partial charge in [-0.1, -0.05) is 78.9 Å². The fraction of sp³-hybridized carbons (Fsp3) is 0.0741. The van der Waals surface area contributed by atoms with Gasteiger partial charge in [-0.15, -0.1) is 5.10 Å². The molecule has 1 amide bonds. The first-order valence-corrected chi connectivity index (χ1v) is 10.9. The van der Waals surface area contributed by atoms with Crippen LogP contribution < -0.4 is 15.4 Å². The highest BCUT2D eigenvalue weighted by molar-refractivity contribution is 6.01. The van der Waals surface area contributed by atoms with Gasteiger partial charge in [-0.05, 0) is 29.3 Å². The molecule has 4 aromatic rings. The molecule has 7 heteroatoms. The Morgan fingerprint density at radius 3 is 2.47 bits per heavy atom. The Hall–Kier alpha value is -4.65. The van der Waals surface area contributed by atoms with Crippen LogP contribution in [0.25, 0.3) is 11.8 Å². The summed E-state index contributed by atoms with van der Waals surface area (Å²) in [5, 5.41) is 10.7. The fourth-order valence-electron chi connectivity index (χ4n) is 3.84. The smallest absolute Gasteiger partial charge is 0.250 e. The number of aromatic nitrogens is 3. The summed E-state index contributed by atoms with van der Waals surface area (Å²) >= 11 is 0. The average Bonchev–Trinajstić information content (AvgIpc) is 3.30. The van der Waals surface area contributed by atoms with E-state index in [0.717, 1.165) is 22.4 Å². The Morgan fingerprint density at radius 1 is 1.00 bits per heavy atom. The third-order valence-electron chi connectivity index (χ3n) is 5.48. The Morgan fingerprint density at radius 2 is 1.71 bits per heavy atom. The molecule has 1 atom stereocenters. The predicted octanol–water partition coefficient (Wildman–Crippen LogP) is 4.99. The molecule has 1 aromatic heterocycles. The summed E-state index contributed by atoms with van der Waals surface area (Å²) in [7, 11) is 1.60. The fourth-order valence-corrected chi connectivity index (χ4v) is 3.84. The normalized spacial score (nSPS) is 14.7. The van der Waals surface area contributed by atoms with E-state index < -0.39 is 0 Å². The summed E-state index contributed by atoms with van der Waals surface area (Å²) in [6, 6.07) is 27.4. The third kappa shape index (κ3) is 4.45. The van der Waals surface area contributed by atoms with Crippen molar-refractivity contribution in [2.45, 2.75) is 6.04 Å². The van der Waals surface area contributed by atoms with Crippen LogP contribution in [0.3, 0.4) is 0 Å². The van der Waals surface area contributed by atoms with E-state index in [4.69, 9.17) is 4.74 Å². The van der Waals surface area contributed by atoms with Crippen LogP contribution in [0.2, 0.25) is 0 Å². The molecule has 1 aliphatic rings. The van der Waals surface area contributed by atoms with Crippen LogP contribution in [0.1, 0.15) is 22.7 Å². The molecule has 0 saturated carbocycles. The summed E-state index contributed by atoms with van der Waals surface area (Å²) in [6.45, 7) is 0. The van der Waals surface area contributed by atoms with Crippen molar-refractivity contribution in [3.8, 4) is 5.75 Å². The van der Waals surface area contributed by atoms with Crippen LogP contribution in [0.5, 0.6) is 5.75 Å². The summed E-state index contributed by atoms with van der Waals surface area (Å²) < 4.78 is 7.11. The number of ether oxygens (including phenoxy) is 1. The van der Waals surface area contributed by atoms with E-state index in [1.165, 1.54) is 6.08 Å². The van der Waals surface area contributed by atoms with Gasteiger partial charge < -0.3 is 10.1 Å². The highest BCUT2D eigenvalue weighted by Gasteiger charge is 2.25. The van der Waals surface area contributed by atoms with Crippen LogP contribution >= 0.6 is 0 Å². The average molecular weight is 450 g/mol. The Labute approximate surface area is 197 Å². The van der Waals surface area contributed by atoms with E-state index in [1.807, 2.05) is 72.8 Å². The van der Waals surface area contributed by atoms with Crippen molar-refractivity contribution in [1.29, 1.82) is 0 Å². The summed E-state index contributed by atoms with van der Waals surface area (Å²) in [5.41, 5.74) is 3.85. The van der Waals surface area contributed by atoms with Crippen molar-refractivity contribution in [3.63, 3.8) is 0 Å². The lowest BCUT2D eigenvalue weighted by Crippen LogP contribution is -2.20. The number of hydrogen-bond acceptors (Lipinski definition) is 5. The third-order valence-corrected chi connectivity index (χ3v) is 5.48. The van der Waals surface area contributed by atoms with Crippen LogP contribution in [0.15, 0.2) is 97.1 Å². The van der Waals surface area contributed by atoms with Crippen molar-refractivity contribution in [3.05, 3.63) is 114 Å². The lowest BCUT2D eigenvalue weighted by Gasteiger charge is -2.24. The van der Waals surface area contributed by atoms with Gasteiger partial charge in [0.2, 0.25) is 5.95 Å². The van der Waals surface area contributed by atoms with Crippen molar-refractivity contribution in [2.75, 3.05) is 17.7 Å². The molecule has 3 aromatic carbocycles. The van der Waals surface area contributed by atoms with Crippen LogP contribution in [-0.4, -0.2) is 27.8 Å². The molecular weight excluding hydrogens is 426 g/mol. The minimum Gasteiger partial charge on any atom is -0.496 e. The van der Waals surface area contributed by atoms with Gasteiger partial charge in [-0.3, -0.25) is 10.1 Å². The number of allylic oxidation sites excluding steroid dienone is 1. The molecule has 1 aliphatic heterocycles. The number of nitrogens with one attached hydrogen (secondary N) is 2. The highest BCUT2D eigenvalue weighted by atomic mass is 16.5. The first-order chi connectivity index (χ1) is 16.7. The van der Waals surface area contributed by atoms with Gasteiger partial charge in [0.1, 0.15) is 11.8 Å². The Bertz CT molecular complexity index is 1360. The van der Waals surface area contributed by atoms with Gasteiger partial charge in [0, 0.05) is 17.3 Å². The van der Waals surface area contributed by atoms with Gasteiger partial charge in [0.05, 0.1) is 7.11 Å². The van der Waals surface area contributed by atoms with Crippen LogP contribution in [0.4, 0.5) is 11.9 Å². The van der Waals surface area contributed by atoms with Crippen molar-refractivity contribution in [2.24, 2.45) is 0 Å². The maximum Gasteiger partial charge on any atom is 0.250 e. The molecule has 7 nitrogen and oxygen atoms in total. The zero-order chi connectivity index (χ0) is 23.3. The number of carbonyl (C=O) groups excluding carboxylic acids is 1. The first kappa shape index (κ1) is 21.2. The maximum atomic E-state index is 12.6. The van der Waals surface area contributed by atoms with Crippen molar-refractivity contribution < 1.29 is 9.53 Å². The number of para-hydroxylation sites is 1. The second kappa shape index (κ2) is 9.46. The lowest BCUT2D eigenvalue weighted by atomic mass is 10.0. The number of amides is 1. The van der Waals surface area contributed by atoms with Gasteiger partial charge >= 0.3 is 0 Å². The van der Waals surface area contributed by atoms with Crippen molar-refractivity contribution >= 4 is 29.6 Å². The molecule has 5 rings (SSSR count). The Balaban J connectivity index is 1.41. The number of hydrogen-bond donors (Lipinski definition) is 2. The van der Waals surface area contributed by atoms with E-state index in [1.54, 1.807) is 17.9 Å². The van der Waals surface area contributed by atoms with E-state index >= 15 is 0 Å². The molecular formula is C27H23N5O2. The summed E-state index contributed by atoms with van der Waals surface area (Å²) in [6.07, 6.45) is 5.25. The monoisotopic (exact) mass is 449 g/mol. The zero-order valence-corrected chi connectivity index (χ0v) is 18.6. The topological polar surface area (TPSA) is 81.1 Å². The second-order valence-corrected chi connectivity index (χ2v) is 7.70. The largest absolute Gasteiger partial charge is 0.496 e. The first-order valence-electron chi connectivity index (χ1n) is 10.9. The number of nitrogens with zero attached hydrogens (tertiary/aromatic N) is 3. The van der Waals surface area contributed by atoms with E-state index in [9.17, 15) is 4.79 Å². The molecule has 0 radical (unpaired) electrons. The van der Waals surface area contributed by atoms with E-state index in [0.29, 0.717) is 11.7 Å². The van der Waals surface area contributed by atoms with Crippen LogP contribution in [-0.2, 0) is 4.79 Å². The quantitative estimate of drug-likeness (QED) is 0.405. The van der Waals surface area contributed by atoms with Gasteiger partial charge in [0.25, 0.3) is 11.9 Å². The molecule has 0 unspecified atom stereocenters. The number of methoxy groups -OCH3 is 1. The van der Waals surface area contributed by atoms with Gasteiger partial charge in [-0.2, -0.15) is 4.98 Å². The highest BCUT2D eigenvalue weighted by Crippen LogP contribution is 2.33. The summed E-state index contributed by atoms with van der Waals surface area (Å²) in [5.74, 6) is 1.14. The minimum absolute atomic E-state index is 0.171. The predicted molar refractivity (Wildman–Crippen MR) is 133 cm³/mol. The molecule has 0 bridgehead atoms. The SMILES string of the molecule is COc1ccccc1/C=C/C(=O)Nc1nc2n(n1)[C@@H](c1ccccc1)C=C(c1ccccc1)N2. The van der Waals surface area contributed by atoms with Gasteiger partial charge in [-0.25, -0.2) is 4.68 Å². The minimum atomic E-state index is -0.332. The molecule has 34 heavy (non-hydrogen) atoms. The number of benzene rings is 3. The number of carbonyl (C=O) groups is 1. The molecule has 168 valence electrons. The second-order valence-electron chi connectivity index (χ2n) is 7.70. The zero-order valence-electron chi connectivity index (χ0n) is 18.6.